The predicted octanol–water partition coefficient (Wildman–Crippen LogP) is 4.53. The van der Waals surface area contributed by atoms with Crippen LogP contribution in [0.15, 0.2) is 83.8 Å². The molecule has 0 radical (unpaired) electrons. The van der Waals surface area contributed by atoms with Gasteiger partial charge >= 0.3 is 5.97 Å². The standard InChI is InChI=1S/C34H37N3O7S/c1-4-37-28-16-9-8-15-27(28)30(32(37)24-11-6-5-7-12-24)29(38)22-44-34(40)31(23(2)3)35-33(39)25-13-10-14-26(21-25)45(41,42)36-17-19-43-20-18-36/h5-16,21,23,31H,4,17-20,22H2,1-3H3,(H,35,39)/t31-/m0/s1. The molecule has 4 aromatic rings. The van der Waals surface area contributed by atoms with Crippen LogP contribution in [-0.4, -0.2) is 73.9 Å². The summed E-state index contributed by atoms with van der Waals surface area (Å²) in [5.41, 5.74) is 3.07. The van der Waals surface area contributed by atoms with Gasteiger partial charge in [0.2, 0.25) is 15.8 Å². The Balaban J connectivity index is 1.33. The van der Waals surface area contributed by atoms with Crippen molar-refractivity contribution in [2.75, 3.05) is 32.9 Å². The first-order valence-corrected chi connectivity index (χ1v) is 16.4. The van der Waals surface area contributed by atoms with Crippen molar-refractivity contribution >= 4 is 38.6 Å². The number of morpholine rings is 1. The molecule has 1 amide bonds. The van der Waals surface area contributed by atoms with Crippen LogP contribution >= 0.6 is 0 Å². The topological polar surface area (TPSA) is 124 Å². The van der Waals surface area contributed by atoms with Gasteiger partial charge in [0.05, 0.1) is 29.4 Å². The summed E-state index contributed by atoms with van der Waals surface area (Å²) < 4.78 is 40.4. The van der Waals surface area contributed by atoms with E-state index in [1.54, 1.807) is 13.8 Å². The molecule has 0 unspecified atom stereocenters. The Morgan fingerprint density at radius 3 is 2.31 bits per heavy atom. The van der Waals surface area contributed by atoms with E-state index in [1.165, 1.54) is 28.6 Å². The number of hydrogen-bond donors (Lipinski definition) is 1. The third-order valence-corrected chi connectivity index (χ3v) is 9.76. The number of sulfonamides is 1. The van der Waals surface area contributed by atoms with E-state index in [2.05, 4.69) is 9.88 Å². The van der Waals surface area contributed by atoms with Crippen molar-refractivity contribution in [1.82, 2.24) is 14.2 Å². The maximum atomic E-state index is 13.7. The number of ether oxygens (including phenoxy) is 2. The first-order chi connectivity index (χ1) is 21.6. The van der Waals surface area contributed by atoms with Crippen LogP contribution in [0.1, 0.15) is 41.5 Å². The zero-order valence-electron chi connectivity index (χ0n) is 25.6. The summed E-state index contributed by atoms with van der Waals surface area (Å²) in [5.74, 6) is -2.13. The summed E-state index contributed by atoms with van der Waals surface area (Å²) in [6.45, 7) is 6.68. The average molecular weight is 632 g/mol. The summed E-state index contributed by atoms with van der Waals surface area (Å²) in [5, 5.41) is 3.44. The van der Waals surface area contributed by atoms with Crippen molar-refractivity contribution in [2.24, 2.45) is 5.92 Å². The SMILES string of the molecule is CCn1c(-c2ccccc2)c(C(=O)COC(=O)[C@@H](NC(=O)c2cccc(S(=O)(=O)N3CCOCC3)c2)C(C)C)c2ccccc21. The number of fused-ring (bicyclic) bond motifs is 1. The zero-order valence-corrected chi connectivity index (χ0v) is 26.4. The monoisotopic (exact) mass is 631 g/mol. The summed E-state index contributed by atoms with van der Waals surface area (Å²) in [7, 11) is -3.82. The van der Waals surface area contributed by atoms with Gasteiger partial charge in [-0.25, -0.2) is 13.2 Å². The number of nitrogens with one attached hydrogen (secondary N) is 1. The number of esters is 1. The molecule has 1 saturated heterocycles. The molecule has 0 saturated carbocycles. The van der Waals surface area contributed by atoms with E-state index < -0.39 is 34.5 Å². The molecule has 45 heavy (non-hydrogen) atoms. The molecule has 1 atom stereocenters. The van der Waals surface area contributed by atoms with Gasteiger partial charge in [-0.1, -0.05) is 68.4 Å². The largest absolute Gasteiger partial charge is 0.456 e. The van der Waals surface area contributed by atoms with Crippen molar-refractivity contribution in [3.05, 3.63) is 90.0 Å². The number of nitrogens with zero attached hydrogens (tertiary/aromatic N) is 2. The molecule has 5 rings (SSSR count). The Kier molecular flexibility index (Phi) is 9.81. The van der Waals surface area contributed by atoms with Crippen molar-refractivity contribution in [1.29, 1.82) is 0 Å². The highest BCUT2D eigenvalue weighted by atomic mass is 32.2. The fraction of sp³-hybridized carbons (Fsp3) is 0.324. The van der Waals surface area contributed by atoms with E-state index >= 15 is 0 Å². The Hall–Kier alpha value is -4.32. The van der Waals surface area contributed by atoms with Gasteiger partial charge in [0.1, 0.15) is 6.04 Å². The third kappa shape index (κ3) is 6.70. The molecule has 11 heteroatoms. The van der Waals surface area contributed by atoms with Crippen molar-refractivity contribution < 1.29 is 32.3 Å². The van der Waals surface area contributed by atoms with Crippen LogP contribution in [0, 0.1) is 5.92 Å². The van der Waals surface area contributed by atoms with Crippen molar-refractivity contribution in [3.63, 3.8) is 0 Å². The molecule has 0 spiro atoms. The number of hydrogen-bond acceptors (Lipinski definition) is 7. The molecule has 1 aliphatic rings. The lowest BCUT2D eigenvalue weighted by molar-refractivity contribution is -0.145. The number of carbonyl (C=O) groups is 3. The molecular weight excluding hydrogens is 594 g/mol. The first-order valence-electron chi connectivity index (χ1n) is 15.0. The Morgan fingerprint density at radius 1 is 0.933 bits per heavy atom. The van der Waals surface area contributed by atoms with Gasteiger partial charge in [-0.2, -0.15) is 4.31 Å². The Bertz CT molecular complexity index is 1810. The highest BCUT2D eigenvalue weighted by Crippen LogP contribution is 2.34. The van der Waals surface area contributed by atoms with Crippen LogP contribution in [0.5, 0.6) is 0 Å². The fourth-order valence-corrected chi connectivity index (χ4v) is 7.02. The van der Waals surface area contributed by atoms with Crippen LogP contribution in [0.4, 0.5) is 0 Å². The minimum absolute atomic E-state index is 0.0215. The molecule has 1 aromatic heterocycles. The quantitative estimate of drug-likeness (QED) is 0.191. The molecular formula is C34H37N3O7S. The number of aryl methyl sites for hydroxylation is 1. The van der Waals surface area contributed by atoms with E-state index in [-0.39, 0.29) is 35.2 Å². The fourth-order valence-electron chi connectivity index (χ4n) is 5.57. The lowest BCUT2D eigenvalue weighted by Crippen LogP contribution is -2.45. The molecule has 1 N–H and O–H groups in total. The van der Waals surface area contributed by atoms with E-state index in [1.807, 2.05) is 61.5 Å². The summed E-state index contributed by atoms with van der Waals surface area (Å²) >= 11 is 0. The number of benzene rings is 3. The van der Waals surface area contributed by atoms with Gasteiger partial charge in [-0.3, -0.25) is 9.59 Å². The number of carbonyl (C=O) groups excluding carboxylic acids is 3. The van der Waals surface area contributed by atoms with Gasteiger partial charge in [-0.05, 0) is 42.7 Å². The second-order valence-electron chi connectivity index (χ2n) is 11.1. The van der Waals surface area contributed by atoms with Gasteiger partial charge in [-0.15, -0.1) is 0 Å². The summed E-state index contributed by atoms with van der Waals surface area (Å²) in [6, 6.07) is 21.8. The molecule has 0 aliphatic carbocycles. The molecule has 1 fully saturated rings. The summed E-state index contributed by atoms with van der Waals surface area (Å²) in [4.78, 5) is 40.3. The third-order valence-electron chi connectivity index (χ3n) is 7.87. The number of amides is 1. The molecule has 2 heterocycles. The average Bonchev–Trinajstić information content (AvgIpc) is 3.41. The molecule has 0 bridgehead atoms. The molecule has 10 nitrogen and oxygen atoms in total. The van der Waals surface area contributed by atoms with E-state index in [9.17, 15) is 22.8 Å². The van der Waals surface area contributed by atoms with Crippen molar-refractivity contribution in [3.8, 4) is 11.3 Å². The van der Waals surface area contributed by atoms with E-state index in [0.29, 0.717) is 25.3 Å². The van der Waals surface area contributed by atoms with Gasteiger partial charge < -0.3 is 19.4 Å². The Morgan fingerprint density at radius 2 is 1.62 bits per heavy atom. The number of para-hydroxylation sites is 1. The number of ketones is 1. The highest BCUT2D eigenvalue weighted by Gasteiger charge is 2.30. The van der Waals surface area contributed by atoms with E-state index in [0.717, 1.165) is 22.2 Å². The number of Topliss-reactive ketones (excluding diaryl/α,β-unsaturated/α-hetero) is 1. The van der Waals surface area contributed by atoms with Crippen LogP contribution in [0.2, 0.25) is 0 Å². The number of rotatable bonds is 11. The van der Waals surface area contributed by atoms with Crippen LogP contribution < -0.4 is 5.32 Å². The lowest BCUT2D eigenvalue weighted by atomic mass is 10.0. The van der Waals surface area contributed by atoms with Gasteiger partial charge in [0, 0.05) is 36.1 Å². The second kappa shape index (κ2) is 13.8. The number of aromatic nitrogens is 1. The van der Waals surface area contributed by atoms with Crippen LogP contribution in [-0.2, 0) is 30.8 Å². The molecule has 1 aliphatic heterocycles. The zero-order chi connectivity index (χ0) is 32.1. The highest BCUT2D eigenvalue weighted by molar-refractivity contribution is 7.89. The normalized spacial score (nSPS) is 14.8. The van der Waals surface area contributed by atoms with E-state index in [4.69, 9.17) is 9.47 Å². The first kappa shape index (κ1) is 32.1. The Labute approximate surface area is 263 Å². The van der Waals surface area contributed by atoms with Gasteiger partial charge in [0.15, 0.2) is 6.61 Å². The minimum Gasteiger partial charge on any atom is -0.456 e. The summed E-state index contributed by atoms with van der Waals surface area (Å²) in [6.07, 6.45) is 0. The molecule has 3 aromatic carbocycles. The molecule has 236 valence electrons. The minimum atomic E-state index is -3.82. The predicted molar refractivity (Wildman–Crippen MR) is 170 cm³/mol. The van der Waals surface area contributed by atoms with Crippen LogP contribution in [0.3, 0.4) is 0 Å². The smallest absolute Gasteiger partial charge is 0.329 e. The van der Waals surface area contributed by atoms with Gasteiger partial charge in [0.25, 0.3) is 5.91 Å². The lowest BCUT2D eigenvalue weighted by Gasteiger charge is -2.26. The maximum Gasteiger partial charge on any atom is 0.329 e. The maximum absolute atomic E-state index is 13.7. The second-order valence-corrected chi connectivity index (χ2v) is 13.1. The van der Waals surface area contributed by atoms with Crippen molar-refractivity contribution in [2.45, 2.75) is 38.3 Å². The van der Waals surface area contributed by atoms with Crippen LogP contribution in [0.25, 0.3) is 22.2 Å².